The zero-order valence-electron chi connectivity index (χ0n) is 19.1. The Bertz CT molecular complexity index is 1200. The van der Waals surface area contributed by atoms with Gasteiger partial charge in [-0.2, -0.15) is 0 Å². The lowest BCUT2D eigenvalue weighted by atomic mass is 10.0. The molecule has 6 heteroatoms. The Hall–Kier alpha value is -4.06. The minimum absolute atomic E-state index is 0.0353. The largest absolute Gasteiger partial charge is 0.497 e. The fourth-order valence-corrected chi connectivity index (χ4v) is 3.83. The van der Waals surface area contributed by atoms with Gasteiger partial charge in [0.1, 0.15) is 17.2 Å². The van der Waals surface area contributed by atoms with Crippen LogP contribution < -0.4 is 19.3 Å². The number of carbonyl (C=O) groups is 2. The lowest BCUT2D eigenvalue weighted by Gasteiger charge is -2.21. The summed E-state index contributed by atoms with van der Waals surface area (Å²) in [5.41, 5.74) is 2.56. The first kappa shape index (κ1) is 22.1. The van der Waals surface area contributed by atoms with Crippen molar-refractivity contribution in [2.45, 2.75) is 20.0 Å². The van der Waals surface area contributed by atoms with Crippen molar-refractivity contribution in [3.05, 3.63) is 90.1 Å². The molecule has 3 aromatic rings. The van der Waals surface area contributed by atoms with Crippen LogP contribution in [0.2, 0.25) is 0 Å². The third kappa shape index (κ3) is 4.32. The molecule has 0 unspecified atom stereocenters. The molecule has 1 heterocycles. The van der Waals surface area contributed by atoms with E-state index >= 15 is 0 Å². The predicted molar refractivity (Wildman–Crippen MR) is 129 cm³/mol. The van der Waals surface area contributed by atoms with Crippen LogP contribution in [-0.4, -0.2) is 32.1 Å². The van der Waals surface area contributed by atoms with Crippen LogP contribution in [0.4, 0.5) is 11.4 Å². The molecule has 33 heavy (non-hydrogen) atoms. The van der Waals surface area contributed by atoms with Gasteiger partial charge in [0.25, 0.3) is 11.8 Å². The van der Waals surface area contributed by atoms with E-state index in [4.69, 9.17) is 9.47 Å². The summed E-state index contributed by atoms with van der Waals surface area (Å²) in [5, 5.41) is 0. The molecule has 0 aromatic heterocycles. The van der Waals surface area contributed by atoms with Crippen molar-refractivity contribution in [3.8, 4) is 11.5 Å². The van der Waals surface area contributed by atoms with E-state index in [2.05, 4.69) is 0 Å². The van der Waals surface area contributed by atoms with Crippen molar-refractivity contribution in [2.75, 3.05) is 24.0 Å². The predicted octanol–water partition coefficient (Wildman–Crippen LogP) is 4.90. The van der Waals surface area contributed by atoms with Gasteiger partial charge in [-0.15, -0.1) is 0 Å². The molecule has 0 spiro atoms. The molecule has 0 atom stereocenters. The SMILES string of the molecule is COc1cccc(N2C(=O)C(c3ccc(OC(C)C)cc3)=C(N(C)c3ccccc3)C2=O)c1. The van der Waals surface area contributed by atoms with Crippen LogP contribution in [0.1, 0.15) is 19.4 Å². The smallest absolute Gasteiger partial charge is 0.282 e. The molecule has 1 aliphatic rings. The summed E-state index contributed by atoms with van der Waals surface area (Å²) in [5.74, 6) is 0.490. The van der Waals surface area contributed by atoms with Crippen molar-refractivity contribution in [2.24, 2.45) is 0 Å². The first-order valence-corrected chi connectivity index (χ1v) is 10.7. The summed E-state index contributed by atoms with van der Waals surface area (Å²) in [6.45, 7) is 3.91. The Morgan fingerprint density at radius 3 is 2.15 bits per heavy atom. The molecule has 0 radical (unpaired) electrons. The normalized spacial score (nSPS) is 13.7. The van der Waals surface area contributed by atoms with Gasteiger partial charge in [0.15, 0.2) is 0 Å². The third-order valence-electron chi connectivity index (χ3n) is 5.36. The summed E-state index contributed by atoms with van der Waals surface area (Å²) < 4.78 is 11.0. The molecular formula is C27H26N2O4. The van der Waals surface area contributed by atoms with E-state index in [-0.39, 0.29) is 12.0 Å². The highest BCUT2D eigenvalue weighted by Gasteiger charge is 2.42. The third-order valence-corrected chi connectivity index (χ3v) is 5.36. The highest BCUT2D eigenvalue weighted by Crippen LogP contribution is 2.37. The van der Waals surface area contributed by atoms with Crippen LogP contribution >= 0.6 is 0 Å². The number of nitrogens with zero attached hydrogens (tertiary/aromatic N) is 2. The molecular weight excluding hydrogens is 416 g/mol. The first-order chi connectivity index (χ1) is 15.9. The van der Waals surface area contributed by atoms with Gasteiger partial charge in [0.2, 0.25) is 0 Å². The van der Waals surface area contributed by atoms with Crippen molar-refractivity contribution in [1.82, 2.24) is 0 Å². The number of ether oxygens (including phenoxy) is 2. The second kappa shape index (κ2) is 9.20. The number of carbonyl (C=O) groups excluding carboxylic acids is 2. The quantitative estimate of drug-likeness (QED) is 0.487. The number of anilines is 2. The van der Waals surface area contributed by atoms with E-state index in [1.54, 1.807) is 43.3 Å². The first-order valence-electron chi connectivity index (χ1n) is 10.7. The number of imide groups is 1. The number of rotatable bonds is 7. The molecule has 0 saturated carbocycles. The number of hydrogen-bond donors (Lipinski definition) is 0. The summed E-state index contributed by atoms with van der Waals surface area (Å²) in [7, 11) is 3.34. The van der Waals surface area contributed by atoms with Gasteiger partial charge < -0.3 is 14.4 Å². The van der Waals surface area contributed by atoms with E-state index in [9.17, 15) is 9.59 Å². The fourth-order valence-electron chi connectivity index (χ4n) is 3.83. The molecule has 168 valence electrons. The van der Waals surface area contributed by atoms with Crippen LogP contribution in [0.3, 0.4) is 0 Å². The number of methoxy groups -OCH3 is 1. The van der Waals surface area contributed by atoms with Gasteiger partial charge >= 0.3 is 0 Å². The van der Waals surface area contributed by atoms with E-state index < -0.39 is 5.91 Å². The van der Waals surface area contributed by atoms with Crippen LogP contribution in [0.15, 0.2) is 84.6 Å². The zero-order chi connectivity index (χ0) is 23.5. The van der Waals surface area contributed by atoms with Crippen molar-refractivity contribution < 1.29 is 19.1 Å². The molecule has 0 saturated heterocycles. The van der Waals surface area contributed by atoms with Gasteiger partial charge in [-0.3, -0.25) is 9.59 Å². The number of para-hydroxylation sites is 1. The summed E-state index contributed by atoms with van der Waals surface area (Å²) in [6, 6.07) is 23.7. The van der Waals surface area contributed by atoms with Gasteiger partial charge in [0, 0.05) is 18.8 Å². The van der Waals surface area contributed by atoms with Gasteiger partial charge in [-0.25, -0.2) is 4.90 Å². The Labute approximate surface area is 193 Å². The average Bonchev–Trinajstić information content (AvgIpc) is 3.09. The number of amides is 2. The zero-order valence-corrected chi connectivity index (χ0v) is 19.1. The molecule has 0 fully saturated rings. The van der Waals surface area contributed by atoms with Crippen molar-refractivity contribution in [1.29, 1.82) is 0 Å². The molecule has 1 aliphatic heterocycles. The van der Waals surface area contributed by atoms with E-state index in [0.717, 1.165) is 5.69 Å². The molecule has 0 aliphatic carbocycles. The maximum absolute atomic E-state index is 13.7. The maximum Gasteiger partial charge on any atom is 0.282 e. The summed E-state index contributed by atoms with van der Waals surface area (Å²) >= 11 is 0. The maximum atomic E-state index is 13.7. The van der Waals surface area contributed by atoms with E-state index in [0.29, 0.717) is 34.0 Å². The lowest BCUT2D eigenvalue weighted by molar-refractivity contribution is -0.120. The standard InChI is InChI=1S/C27H26N2O4/c1-18(2)33-22-15-13-19(14-16-22)24-25(28(3)20-9-6-5-7-10-20)27(31)29(26(24)30)21-11-8-12-23(17-21)32-4/h5-18H,1-4H3. The van der Waals surface area contributed by atoms with Crippen LogP contribution in [-0.2, 0) is 9.59 Å². The van der Waals surface area contributed by atoms with Gasteiger partial charge in [-0.1, -0.05) is 36.4 Å². The summed E-state index contributed by atoms with van der Waals surface area (Å²) in [6.07, 6.45) is 0.0353. The number of hydrogen-bond acceptors (Lipinski definition) is 5. The van der Waals surface area contributed by atoms with E-state index in [1.165, 1.54) is 4.90 Å². The van der Waals surface area contributed by atoms with Crippen molar-refractivity contribution >= 4 is 28.8 Å². The molecule has 0 bridgehead atoms. The molecule has 4 rings (SSSR count). The Kier molecular flexibility index (Phi) is 6.18. The second-order valence-corrected chi connectivity index (χ2v) is 7.96. The minimum Gasteiger partial charge on any atom is -0.497 e. The minimum atomic E-state index is -0.392. The van der Waals surface area contributed by atoms with Gasteiger partial charge in [0.05, 0.1) is 24.5 Å². The van der Waals surface area contributed by atoms with Crippen LogP contribution in [0.5, 0.6) is 11.5 Å². The average molecular weight is 443 g/mol. The van der Waals surface area contributed by atoms with Gasteiger partial charge in [-0.05, 0) is 55.8 Å². The molecule has 3 aromatic carbocycles. The monoisotopic (exact) mass is 442 g/mol. The Morgan fingerprint density at radius 2 is 1.52 bits per heavy atom. The van der Waals surface area contributed by atoms with E-state index in [1.807, 2.05) is 68.4 Å². The topological polar surface area (TPSA) is 59.1 Å². The van der Waals surface area contributed by atoms with Crippen LogP contribution in [0.25, 0.3) is 5.57 Å². The Balaban J connectivity index is 1.82. The highest BCUT2D eigenvalue weighted by atomic mass is 16.5. The molecule has 6 nitrogen and oxygen atoms in total. The summed E-state index contributed by atoms with van der Waals surface area (Å²) in [4.78, 5) is 30.3. The molecule has 2 amide bonds. The molecule has 0 N–H and O–H groups in total. The van der Waals surface area contributed by atoms with Crippen molar-refractivity contribution in [3.63, 3.8) is 0 Å². The number of benzene rings is 3. The number of likely N-dealkylation sites (N-methyl/N-ethyl adjacent to an activating group) is 1. The van der Waals surface area contributed by atoms with Crippen LogP contribution in [0, 0.1) is 0 Å². The fraction of sp³-hybridized carbons (Fsp3) is 0.185. The highest BCUT2D eigenvalue weighted by molar-refractivity contribution is 6.46. The Morgan fingerprint density at radius 1 is 0.818 bits per heavy atom. The second-order valence-electron chi connectivity index (χ2n) is 7.96. The lowest BCUT2D eigenvalue weighted by Crippen LogP contribution is -2.34.